The molecule has 0 aliphatic heterocycles. The van der Waals surface area contributed by atoms with E-state index in [-0.39, 0.29) is 6.61 Å². The van der Waals surface area contributed by atoms with Crippen molar-refractivity contribution in [2.75, 3.05) is 6.61 Å². The molecule has 0 spiro atoms. The SMILES string of the molecule is Cc1cccn1CCO. The highest BCUT2D eigenvalue weighted by Gasteiger charge is 1.90. The molecule has 1 rings (SSSR count). The van der Waals surface area contributed by atoms with Gasteiger partial charge in [0.25, 0.3) is 0 Å². The third-order valence-corrected chi connectivity index (χ3v) is 1.40. The van der Waals surface area contributed by atoms with Crippen LogP contribution in [-0.4, -0.2) is 16.3 Å². The number of hydrogen-bond donors (Lipinski definition) is 1. The zero-order valence-corrected chi connectivity index (χ0v) is 5.54. The summed E-state index contributed by atoms with van der Waals surface area (Å²) in [7, 11) is 0. The van der Waals surface area contributed by atoms with Crippen LogP contribution in [0.1, 0.15) is 5.69 Å². The van der Waals surface area contributed by atoms with E-state index in [0.29, 0.717) is 6.54 Å². The van der Waals surface area contributed by atoms with Gasteiger partial charge in [0, 0.05) is 18.4 Å². The van der Waals surface area contributed by atoms with Crippen molar-refractivity contribution in [1.82, 2.24) is 4.57 Å². The van der Waals surface area contributed by atoms with E-state index >= 15 is 0 Å². The Hall–Kier alpha value is -0.760. The van der Waals surface area contributed by atoms with Gasteiger partial charge in [0.05, 0.1) is 6.61 Å². The van der Waals surface area contributed by atoms with Gasteiger partial charge in [-0.2, -0.15) is 0 Å². The Bertz CT molecular complexity index is 181. The lowest BCUT2D eigenvalue weighted by Gasteiger charge is -2.00. The Morgan fingerprint density at radius 1 is 1.67 bits per heavy atom. The second-order valence-electron chi connectivity index (χ2n) is 2.07. The van der Waals surface area contributed by atoms with Crippen molar-refractivity contribution >= 4 is 0 Å². The minimum atomic E-state index is 0.218. The smallest absolute Gasteiger partial charge is 0.0610 e. The average molecular weight is 125 g/mol. The number of aliphatic hydroxyl groups excluding tert-OH is 1. The molecule has 2 heteroatoms. The Balaban J connectivity index is 2.69. The van der Waals surface area contributed by atoms with Crippen molar-refractivity contribution in [2.24, 2.45) is 0 Å². The maximum atomic E-state index is 8.54. The minimum Gasteiger partial charge on any atom is -0.395 e. The van der Waals surface area contributed by atoms with Gasteiger partial charge >= 0.3 is 0 Å². The van der Waals surface area contributed by atoms with Gasteiger partial charge in [-0.3, -0.25) is 0 Å². The normalized spacial score (nSPS) is 10.0. The summed E-state index contributed by atoms with van der Waals surface area (Å²) in [6, 6.07) is 4.00. The number of hydrogen-bond acceptors (Lipinski definition) is 1. The molecule has 0 saturated carbocycles. The summed E-state index contributed by atoms with van der Waals surface area (Å²) in [5.74, 6) is 0. The number of aromatic nitrogens is 1. The molecule has 0 aromatic carbocycles. The first-order chi connectivity index (χ1) is 4.34. The highest BCUT2D eigenvalue weighted by Crippen LogP contribution is 1.97. The molecule has 0 fully saturated rings. The van der Waals surface area contributed by atoms with Crippen LogP contribution in [-0.2, 0) is 6.54 Å². The largest absolute Gasteiger partial charge is 0.395 e. The van der Waals surface area contributed by atoms with Gasteiger partial charge in [-0.1, -0.05) is 0 Å². The van der Waals surface area contributed by atoms with E-state index < -0.39 is 0 Å². The quantitative estimate of drug-likeness (QED) is 0.621. The van der Waals surface area contributed by atoms with Gasteiger partial charge in [0.15, 0.2) is 0 Å². The van der Waals surface area contributed by atoms with Crippen molar-refractivity contribution < 1.29 is 5.11 Å². The van der Waals surface area contributed by atoms with E-state index in [1.807, 2.05) is 29.8 Å². The van der Waals surface area contributed by atoms with Crippen molar-refractivity contribution in [2.45, 2.75) is 13.5 Å². The standard InChI is InChI=1S/C7H11NO/c1-7-3-2-4-8(7)5-6-9/h2-4,9H,5-6H2,1H3. The van der Waals surface area contributed by atoms with Crippen molar-refractivity contribution in [3.8, 4) is 0 Å². The van der Waals surface area contributed by atoms with Gasteiger partial charge in [-0.15, -0.1) is 0 Å². The monoisotopic (exact) mass is 125 g/mol. The Morgan fingerprint density at radius 2 is 2.44 bits per heavy atom. The van der Waals surface area contributed by atoms with Crippen molar-refractivity contribution in [3.05, 3.63) is 24.0 Å². The van der Waals surface area contributed by atoms with Gasteiger partial charge in [-0.25, -0.2) is 0 Å². The number of rotatable bonds is 2. The fourth-order valence-corrected chi connectivity index (χ4v) is 0.858. The Morgan fingerprint density at radius 3 is 2.89 bits per heavy atom. The maximum absolute atomic E-state index is 8.54. The molecule has 0 saturated heterocycles. The summed E-state index contributed by atoms with van der Waals surface area (Å²) < 4.78 is 2.01. The molecular formula is C7H11NO. The second kappa shape index (κ2) is 2.69. The van der Waals surface area contributed by atoms with Gasteiger partial charge in [0.1, 0.15) is 0 Å². The predicted molar refractivity (Wildman–Crippen MR) is 36.3 cm³/mol. The summed E-state index contributed by atoms with van der Waals surface area (Å²) in [5.41, 5.74) is 1.20. The first-order valence-corrected chi connectivity index (χ1v) is 3.07. The van der Waals surface area contributed by atoms with Gasteiger partial charge < -0.3 is 9.67 Å². The predicted octanol–water partition coefficient (Wildman–Crippen LogP) is 0.789. The highest BCUT2D eigenvalue weighted by molar-refractivity contribution is 5.03. The van der Waals surface area contributed by atoms with Crippen LogP contribution >= 0.6 is 0 Å². The lowest BCUT2D eigenvalue weighted by atomic mass is 10.5. The van der Waals surface area contributed by atoms with Crippen LogP contribution in [0, 0.1) is 6.92 Å². The van der Waals surface area contributed by atoms with Gasteiger partial charge in [0.2, 0.25) is 0 Å². The lowest BCUT2D eigenvalue weighted by Crippen LogP contribution is -2.01. The molecule has 1 aromatic heterocycles. The zero-order chi connectivity index (χ0) is 6.69. The van der Waals surface area contributed by atoms with Crippen LogP contribution < -0.4 is 0 Å². The summed E-state index contributed by atoms with van der Waals surface area (Å²) in [4.78, 5) is 0. The summed E-state index contributed by atoms with van der Waals surface area (Å²) >= 11 is 0. The van der Waals surface area contributed by atoms with Crippen LogP contribution in [0.25, 0.3) is 0 Å². The zero-order valence-electron chi connectivity index (χ0n) is 5.54. The topological polar surface area (TPSA) is 25.2 Å². The Labute approximate surface area is 54.7 Å². The third-order valence-electron chi connectivity index (χ3n) is 1.40. The van der Waals surface area contributed by atoms with Crippen molar-refractivity contribution in [3.63, 3.8) is 0 Å². The van der Waals surface area contributed by atoms with E-state index in [1.54, 1.807) is 0 Å². The molecule has 0 radical (unpaired) electrons. The van der Waals surface area contributed by atoms with Crippen LogP contribution in [0.3, 0.4) is 0 Å². The molecule has 0 amide bonds. The van der Waals surface area contributed by atoms with Crippen LogP contribution in [0.2, 0.25) is 0 Å². The minimum absolute atomic E-state index is 0.218. The van der Waals surface area contributed by atoms with E-state index in [2.05, 4.69) is 0 Å². The first-order valence-electron chi connectivity index (χ1n) is 3.07. The number of aryl methyl sites for hydroxylation is 1. The molecule has 50 valence electrons. The molecule has 0 aliphatic carbocycles. The van der Waals surface area contributed by atoms with Crippen LogP contribution in [0.15, 0.2) is 18.3 Å². The molecular weight excluding hydrogens is 114 g/mol. The maximum Gasteiger partial charge on any atom is 0.0610 e. The highest BCUT2D eigenvalue weighted by atomic mass is 16.3. The third kappa shape index (κ3) is 1.33. The van der Waals surface area contributed by atoms with Gasteiger partial charge in [-0.05, 0) is 19.1 Å². The summed E-state index contributed by atoms with van der Waals surface area (Å²) in [5, 5.41) is 8.54. The molecule has 0 unspecified atom stereocenters. The van der Waals surface area contributed by atoms with E-state index in [0.717, 1.165) is 0 Å². The van der Waals surface area contributed by atoms with Crippen LogP contribution in [0.4, 0.5) is 0 Å². The Kier molecular flexibility index (Phi) is 1.90. The molecule has 2 nitrogen and oxygen atoms in total. The number of nitrogens with zero attached hydrogens (tertiary/aromatic N) is 1. The molecule has 0 bridgehead atoms. The lowest BCUT2D eigenvalue weighted by molar-refractivity contribution is 0.275. The molecule has 1 heterocycles. The fourth-order valence-electron chi connectivity index (χ4n) is 0.858. The van der Waals surface area contributed by atoms with Crippen LogP contribution in [0.5, 0.6) is 0 Å². The first kappa shape index (κ1) is 6.36. The molecule has 9 heavy (non-hydrogen) atoms. The number of aliphatic hydroxyl groups is 1. The molecule has 1 aromatic rings. The van der Waals surface area contributed by atoms with E-state index in [1.165, 1.54) is 5.69 Å². The summed E-state index contributed by atoms with van der Waals surface area (Å²) in [6.07, 6.45) is 1.96. The van der Waals surface area contributed by atoms with Crippen molar-refractivity contribution in [1.29, 1.82) is 0 Å². The van der Waals surface area contributed by atoms with E-state index in [9.17, 15) is 0 Å². The second-order valence-corrected chi connectivity index (χ2v) is 2.07. The average Bonchev–Trinajstić information content (AvgIpc) is 2.18. The van der Waals surface area contributed by atoms with E-state index in [4.69, 9.17) is 5.11 Å². The molecule has 0 atom stereocenters. The molecule has 0 aliphatic rings. The summed E-state index contributed by atoms with van der Waals surface area (Å²) in [6.45, 7) is 2.95. The fraction of sp³-hybridized carbons (Fsp3) is 0.429. The molecule has 1 N–H and O–H groups in total.